The summed E-state index contributed by atoms with van der Waals surface area (Å²) in [6.07, 6.45) is 0.612. The molecule has 2 N–H and O–H groups in total. The minimum absolute atomic E-state index is 0.270. The third-order valence-electron chi connectivity index (χ3n) is 2.80. The normalized spacial score (nSPS) is 12.1. The van der Waals surface area contributed by atoms with E-state index in [1.165, 1.54) is 19.2 Å². The van der Waals surface area contributed by atoms with E-state index >= 15 is 0 Å². The summed E-state index contributed by atoms with van der Waals surface area (Å²) in [5, 5.41) is 3.17. The highest BCUT2D eigenvalue weighted by molar-refractivity contribution is 7.90. The fourth-order valence-electron chi connectivity index (χ4n) is 1.61. The van der Waals surface area contributed by atoms with Crippen molar-refractivity contribution in [3.8, 4) is 0 Å². The predicted molar refractivity (Wildman–Crippen MR) is 79.3 cm³/mol. The van der Waals surface area contributed by atoms with Gasteiger partial charge in [0.05, 0.1) is 5.69 Å². The van der Waals surface area contributed by atoms with Gasteiger partial charge in [-0.15, -0.1) is 0 Å². The monoisotopic (exact) mass is 321 g/mol. The predicted octanol–water partition coefficient (Wildman–Crippen LogP) is 1.94. The van der Waals surface area contributed by atoms with Gasteiger partial charge in [-0.3, -0.25) is 4.72 Å². The van der Waals surface area contributed by atoms with Gasteiger partial charge in [-0.1, -0.05) is 19.9 Å². The Morgan fingerprint density at radius 1 is 1.29 bits per heavy atom. The van der Waals surface area contributed by atoms with Crippen molar-refractivity contribution in [2.45, 2.75) is 26.3 Å². The van der Waals surface area contributed by atoms with Crippen molar-refractivity contribution in [1.82, 2.24) is 9.62 Å². The van der Waals surface area contributed by atoms with Gasteiger partial charge in [0, 0.05) is 19.6 Å². The molecule has 5 nitrogen and oxygen atoms in total. The highest BCUT2D eigenvalue weighted by Gasteiger charge is 2.19. The maximum Gasteiger partial charge on any atom is 0.301 e. The maximum absolute atomic E-state index is 13.5. The lowest BCUT2D eigenvalue weighted by atomic mass is 10.3. The minimum Gasteiger partial charge on any atom is -0.314 e. The van der Waals surface area contributed by atoms with Gasteiger partial charge in [-0.25, -0.2) is 8.78 Å². The van der Waals surface area contributed by atoms with E-state index in [0.717, 1.165) is 10.4 Å². The largest absolute Gasteiger partial charge is 0.314 e. The van der Waals surface area contributed by atoms with E-state index in [2.05, 4.69) is 5.32 Å². The van der Waals surface area contributed by atoms with Crippen LogP contribution in [0.25, 0.3) is 0 Å². The lowest BCUT2D eigenvalue weighted by molar-refractivity contribution is 0.450. The average Bonchev–Trinajstić information content (AvgIpc) is 2.39. The van der Waals surface area contributed by atoms with Gasteiger partial charge in [0.25, 0.3) is 0 Å². The van der Waals surface area contributed by atoms with E-state index in [1.54, 1.807) is 0 Å². The van der Waals surface area contributed by atoms with Crippen molar-refractivity contribution >= 4 is 15.9 Å². The Morgan fingerprint density at radius 2 is 1.95 bits per heavy atom. The second-order valence-electron chi connectivity index (χ2n) is 4.99. The first kappa shape index (κ1) is 17.8. The summed E-state index contributed by atoms with van der Waals surface area (Å²) < 4.78 is 53.6. The number of anilines is 1. The molecule has 0 aliphatic rings. The molecule has 0 fully saturated rings. The lowest BCUT2D eigenvalue weighted by Gasteiger charge is -2.19. The van der Waals surface area contributed by atoms with Crippen LogP contribution in [0.3, 0.4) is 0 Å². The summed E-state index contributed by atoms with van der Waals surface area (Å²) in [7, 11) is -2.52. The summed E-state index contributed by atoms with van der Waals surface area (Å²) in [6.45, 7) is 4.93. The number of hydrogen-bond donors (Lipinski definition) is 2. The molecule has 0 saturated carbocycles. The van der Waals surface area contributed by atoms with Crippen molar-refractivity contribution in [1.29, 1.82) is 0 Å². The van der Waals surface area contributed by atoms with Crippen LogP contribution in [0.4, 0.5) is 14.5 Å². The number of halogens is 2. The molecule has 0 bridgehead atoms. The van der Waals surface area contributed by atoms with E-state index < -0.39 is 27.5 Å². The highest BCUT2D eigenvalue weighted by atomic mass is 32.2. The smallest absolute Gasteiger partial charge is 0.301 e. The van der Waals surface area contributed by atoms with Crippen LogP contribution in [0.15, 0.2) is 18.2 Å². The molecular formula is C13H21F2N3O2S. The van der Waals surface area contributed by atoms with Crippen molar-refractivity contribution in [3.63, 3.8) is 0 Å². The standard InChI is InChI=1S/C13H21F2N3O2S/c1-10(2)16-8-5-9-18(3)21(19,20)17-12-7-4-6-11(14)13(12)15/h4,6-7,10,16-17H,5,8-9H2,1-3H3. The van der Waals surface area contributed by atoms with Gasteiger partial charge in [0.15, 0.2) is 11.6 Å². The summed E-state index contributed by atoms with van der Waals surface area (Å²) >= 11 is 0. The van der Waals surface area contributed by atoms with Crippen LogP contribution in [0.2, 0.25) is 0 Å². The Labute approximate surface area is 124 Å². The molecule has 0 radical (unpaired) electrons. The number of nitrogens with one attached hydrogen (secondary N) is 2. The first-order valence-corrected chi connectivity index (χ1v) is 8.09. The fraction of sp³-hybridized carbons (Fsp3) is 0.538. The van der Waals surface area contributed by atoms with Crippen LogP contribution in [0.5, 0.6) is 0 Å². The molecule has 0 aromatic heterocycles. The molecule has 0 aliphatic heterocycles. The van der Waals surface area contributed by atoms with E-state index in [-0.39, 0.29) is 6.54 Å². The van der Waals surface area contributed by atoms with Gasteiger partial charge in [0.2, 0.25) is 0 Å². The molecule has 0 unspecified atom stereocenters. The summed E-state index contributed by atoms with van der Waals surface area (Å²) in [4.78, 5) is 0. The van der Waals surface area contributed by atoms with Gasteiger partial charge in [-0.05, 0) is 25.1 Å². The quantitative estimate of drug-likeness (QED) is 0.719. The van der Waals surface area contributed by atoms with E-state index in [1.807, 2.05) is 18.6 Å². The van der Waals surface area contributed by atoms with E-state index in [0.29, 0.717) is 19.0 Å². The van der Waals surface area contributed by atoms with Gasteiger partial charge in [-0.2, -0.15) is 12.7 Å². The summed E-state index contributed by atoms with van der Waals surface area (Å²) in [5.74, 6) is -2.31. The van der Waals surface area contributed by atoms with Gasteiger partial charge in [0.1, 0.15) is 0 Å². The Bertz CT molecular complexity index is 565. The molecule has 1 aromatic rings. The molecule has 8 heteroatoms. The third kappa shape index (κ3) is 5.56. The first-order chi connectivity index (χ1) is 9.74. The van der Waals surface area contributed by atoms with Crippen LogP contribution < -0.4 is 10.0 Å². The molecule has 21 heavy (non-hydrogen) atoms. The summed E-state index contributed by atoms with van der Waals surface area (Å²) in [6, 6.07) is 3.66. The molecule has 1 aromatic carbocycles. The van der Waals surface area contributed by atoms with Crippen LogP contribution in [-0.2, 0) is 10.2 Å². The zero-order chi connectivity index (χ0) is 16.0. The summed E-state index contributed by atoms with van der Waals surface area (Å²) in [5.41, 5.74) is -0.401. The highest BCUT2D eigenvalue weighted by Crippen LogP contribution is 2.18. The van der Waals surface area contributed by atoms with Crippen LogP contribution in [-0.4, -0.2) is 38.9 Å². The second-order valence-corrected chi connectivity index (χ2v) is 6.77. The van der Waals surface area contributed by atoms with Crippen molar-refractivity contribution < 1.29 is 17.2 Å². The molecule has 0 aliphatic carbocycles. The topological polar surface area (TPSA) is 61.4 Å². The number of hydrogen-bond acceptors (Lipinski definition) is 3. The van der Waals surface area contributed by atoms with E-state index in [4.69, 9.17) is 0 Å². The van der Waals surface area contributed by atoms with Gasteiger partial charge >= 0.3 is 10.2 Å². The lowest BCUT2D eigenvalue weighted by Crippen LogP contribution is -2.35. The number of benzene rings is 1. The SMILES string of the molecule is CC(C)NCCCN(C)S(=O)(=O)Nc1cccc(F)c1F. The Morgan fingerprint density at radius 3 is 2.57 bits per heavy atom. The fourth-order valence-corrected chi connectivity index (χ4v) is 2.57. The molecular weight excluding hydrogens is 300 g/mol. The zero-order valence-corrected chi connectivity index (χ0v) is 13.2. The van der Waals surface area contributed by atoms with E-state index in [9.17, 15) is 17.2 Å². The van der Waals surface area contributed by atoms with Crippen molar-refractivity contribution in [3.05, 3.63) is 29.8 Å². The minimum atomic E-state index is -3.90. The molecule has 1 rings (SSSR count). The molecule has 0 atom stereocenters. The zero-order valence-electron chi connectivity index (χ0n) is 12.4. The Hall–Kier alpha value is -1.25. The third-order valence-corrected chi connectivity index (χ3v) is 4.28. The Balaban J connectivity index is 2.62. The van der Waals surface area contributed by atoms with Crippen molar-refractivity contribution in [2.24, 2.45) is 0 Å². The maximum atomic E-state index is 13.5. The molecule has 0 amide bonds. The Kier molecular flexibility index (Phi) is 6.50. The molecule has 0 heterocycles. The average molecular weight is 321 g/mol. The molecule has 0 spiro atoms. The van der Waals surface area contributed by atoms with Crippen molar-refractivity contribution in [2.75, 3.05) is 24.9 Å². The second kappa shape index (κ2) is 7.67. The first-order valence-electron chi connectivity index (χ1n) is 6.65. The number of nitrogens with zero attached hydrogens (tertiary/aromatic N) is 1. The molecule has 120 valence electrons. The van der Waals surface area contributed by atoms with Crippen LogP contribution in [0.1, 0.15) is 20.3 Å². The van der Waals surface area contributed by atoms with Gasteiger partial charge < -0.3 is 5.32 Å². The number of rotatable bonds is 8. The van der Waals surface area contributed by atoms with Crippen LogP contribution >= 0.6 is 0 Å². The van der Waals surface area contributed by atoms with Crippen LogP contribution in [0, 0.1) is 11.6 Å². The molecule has 0 saturated heterocycles.